The number of aliphatic hydroxyl groups is 1. The van der Waals surface area contributed by atoms with Crippen molar-refractivity contribution in [1.29, 1.82) is 0 Å². The fraction of sp³-hybridized carbons (Fsp3) is 0.533. The van der Waals surface area contributed by atoms with Gasteiger partial charge in [0, 0.05) is 0 Å². The maximum Gasteiger partial charge on any atom is 0.223 e. The number of hydrogen-bond donors (Lipinski definition) is 2. The standard InChI is InChI=1S/C15H20FNO3/c16-11-5-7-12(8-6-11)20-10-9-15(19)17-13-3-1-2-4-14(13)18/h5-8,13-14,18H,1-4,9-10H2,(H,17,19)/t13-,14-/m0/s1. The fourth-order valence-electron chi connectivity index (χ4n) is 2.35. The van der Waals surface area contributed by atoms with E-state index >= 15 is 0 Å². The number of carbonyl (C=O) groups excluding carboxylic acids is 1. The summed E-state index contributed by atoms with van der Waals surface area (Å²) in [6.07, 6.45) is 3.41. The third kappa shape index (κ3) is 4.49. The molecule has 0 aromatic heterocycles. The van der Waals surface area contributed by atoms with Crippen LogP contribution in [0.3, 0.4) is 0 Å². The van der Waals surface area contributed by atoms with E-state index in [1.165, 1.54) is 24.3 Å². The SMILES string of the molecule is O=C(CCOc1ccc(F)cc1)N[C@H]1CCCC[C@@H]1O. The van der Waals surface area contributed by atoms with E-state index in [0.29, 0.717) is 5.75 Å². The number of benzene rings is 1. The zero-order valence-electron chi connectivity index (χ0n) is 11.3. The summed E-state index contributed by atoms with van der Waals surface area (Å²) in [6.45, 7) is 0.236. The molecule has 0 bridgehead atoms. The van der Waals surface area contributed by atoms with Gasteiger partial charge in [-0.3, -0.25) is 4.79 Å². The first kappa shape index (κ1) is 14.8. The van der Waals surface area contributed by atoms with Crippen molar-refractivity contribution in [3.8, 4) is 5.75 Å². The second kappa shape index (κ2) is 7.24. The smallest absolute Gasteiger partial charge is 0.223 e. The average Bonchev–Trinajstić information content (AvgIpc) is 2.44. The molecule has 2 N–H and O–H groups in total. The lowest BCUT2D eigenvalue weighted by atomic mass is 9.92. The normalized spacial score (nSPS) is 22.3. The molecular formula is C15H20FNO3. The topological polar surface area (TPSA) is 58.6 Å². The molecule has 1 aromatic carbocycles. The van der Waals surface area contributed by atoms with E-state index in [4.69, 9.17) is 4.74 Å². The summed E-state index contributed by atoms with van der Waals surface area (Å²) in [7, 11) is 0. The number of aliphatic hydroxyl groups excluding tert-OH is 1. The Morgan fingerprint density at radius 1 is 1.30 bits per heavy atom. The molecule has 1 amide bonds. The zero-order valence-corrected chi connectivity index (χ0v) is 11.3. The van der Waals surface area contributed by atoms with Crippen molar-refractivity contribution in [3.63, 3.8) is 0 Å². The minimum Gasteiger partial charge on any atom is -0.493 e. The first-order valence-electron chi connectivity index (χ1n) is 7.01. The van der Waals surface area contributed by atoms with Crippen molar-refractivity contribution < 1.29 is 19.0 Å². The Kier molecular flexibility index (Phi) is 5.35. The van der Waals surface area contributed by atoms with Crippen LogP contribution in [0.2, 0.25) is 0 Å². The number of carbonyl (C=O) groups is 1. The Morgan fingerprint density at radius 2 is 2.00 bits per heavy atom. The summed E-state index contributed by atoms with van der Waals surface area (Å²) in [4.78, 5) is 11.7. The highest BCUT2D eigenvalue weighted by atomic mass is 19.1. The summed E-state index contributed by atoms with van der Waals surface area (Å²) in [5, 5.41) is 12.6. The van der Waals surface area contributed by atoms with Gasteiger partial charge in [-0.2, -0.15) is 0 Å². The van der Waals surface area contributed by atoms with Crippen molar-refractivity contribution >= 4 is 5.91 Å². The van der Waals surface area contributed by atoms with Gasteiger partial charge in [-0.15, -0.1) is 0 Å². The van der Waals surface area contributed by atoms with E-state index in [1.807, 2.05) is 0 Å². The third-order valence-electron chi connectivity index (χ3n) is 3.49. The summed E-state index contributed by atoms with van der Waals surface area (Å²) in [5.41, 5.74) is 0. The molecular weight excluding hydrogens is 261 g/mol. The predicted octanol–water partition coefficient (Wildman–Crippen LogP) is 2.01. The average molecular weight is 281 g/mol. The first-order valence-corrected chi connectivity index (χ1v) is 7.01. The Hall–Kier alpha value is -1.62. The molecule has 110 valence electrons. The van der Waals surface area contributed by atoms with Crippen molar-refractivity contribution in [1.82, 2.24) is 5.32 Å². The molecule has 2 rings (SSSR count). The molecule has 1 aliphatic rings. The highest BCUT2D eigenvalue weighted by Gasteiger charge is 2.24. The largest absolute Gasteiger partial charge is 0.493 e. The molecule has 0 saturated heterocycles. The molecule has 2 atom stereocenters. The van der Waals surface area contributed by atoms with E-state index in [-0.39, 0.29) is 30.8 Å². The van der Waals surface area contributed by atoms with Crippen LogP contribution >= 0.6 is 0 Å². The molecule has 0 heterocycles. The lowest BCUT2D eigenvalue weighted by Crippen LogP contribution is -2.45. The Labute approximate surface area is 117 Å². The third-order valence-corrected chi connectivity index (χ3v) is 3.49. The molecule has 0 unspecified atom stereocenters. The predicted molar refractivity (Wildman–Crippen MR) is 72.9 cm³/mol. The van der Waals surface area contributed by atoms with Gasteiger partial charge in [-0.1, -0.05) is 12.8 Å². The molecule has 1 aliphatic carbocycles. The fourth-order valence-corrected chi connectivity index (χ4v) is 2.35. The van der Waals surface area contributed by atoms with Gasteiger partial charge in [0.15, 0.2) is 0 Å². The van der Waals surface area contributed by atoms with Crippen molar-refractivity contribution in [2.45, 2.75) is 44.2 Å². The van der Waals surface area contributed by atoms with Gasteiger partial charge in [0.1, 0.15) is 11.6 Å². The second-order valence-electron chi connectivity index (χ2n) is 5.08. The van der Waals surface area contributed by atoms with Gasteiger partial charge in [0.05, 0.1) is 25.2 Å². The zero-order chi connectivity index (χ0) is 14.4. The second-order valence-corrected chi connectivity index (χ2v) is 5.08. The molecule has 1 fully saturated rings. The highest BCUT2D eigenvalue weighted by Crippen LogP contribution is 2.18. The van der Waals surface area contributed by atoms with Gasteiger partial charge in [-0.05, 0) is 37.1 Å². The lowest BCUT2D eigenvalue weighted by Gasteiger charge is -2.28. The van der Waals surface area contributed by atoms with Crippen molar-refractivity contribution in [2.24, 2.45) is 0 Å². The Morgan fingerprint density at radius 3 is 2.70 bits per heavy atom. The number of halogens is 1. The number of amides is 1. The molecule has 4 nitrogen and oxygen atoms in total. The Balaban J connectivity index is 1.68. The maximum absolute atomic E-state index is 12.7. The van der Waals surface area contributed by atoms with Gasteiger partial charge in [0.25, 0.3) is 0 Å². The van der Waals surface area contributed by atoms with Gasteiger partial charge >= 0.3 is 0 Å². The monoisotopic (exact) mass is 281 g/mol. The lowest BCUT2D eigenvalue weighted by molar-refractivity contribution is -0.123. The van der Waals surface area contributed by atoms with Crippen LogP contribution in [0.4, 0.5) is 4.39 Å². The van der Waals surface area contributed by atoms with E-state index in [9.17, 15) is 14.3 Å². The van der Waals surface area contributed by atoms with Crippen LogP contribution in [-0.4, -0.2) is 29.8 Å². The van der Waals surface area contributed by atoms with Crippen LogP contribution < -0.4 is 10.1 Å². The van der Waals surface area contributed by atoms with E-state index in [0.717, 1.165) is 25.7 Å². The van der Waals surface area contributed by atoms with Crippen LogP contribution in [0.25, 0.3) is 0 Å². The molecule has 20 heavy (non-hydrogen) atoms. The molecule has 1 aromatic rings. The quantitative estimate of drug-likeness (QED) is 0.868. The van der Waals surface area contributed by atoms with E-state index < -0.39 is 6.10 Å². The van der Waals surface area contributed by atoms with Crippen molar-refractivity contribution in [2.75, 3.05) is 6.61 Å². The first-order chi connectivity index (χ1) is 9.65. The number of rotatable bonds is 5. The minimum absolute atomic E-state index is 0.127. The summed E-state index contributed by atoms with van der Waals surface area (Å²) in [5.74, 6) is 0.0938. The molecule has 5 heteroatoms. The highest BCUT2D eigenvalue weighted by molar-refractivity contribution is 5.76. The summed E-state index contributed by atoms with van der Waals surface area (Å²) in [6, 6.07) is 5.54. The van der Waals surface area contributed by atoms with Crippen LogP contribution in [-0.2, 0) is 4.79 Å². The van der Waals surface area contributed by atoms with E-state index in [2.05, 4.69) is 5.32 Å². The number of ether oxygens (including phenoxy) is 1. The van der Waals surface area contributed by atoms with Gasteiger partial charge < -0.3 is 15.2 Å². The number of hydrogen-bond acceptors (Lipinski definition) is 3. The Bertz CT molecular complexity index is 435. The molecule has 0 aliphatic heterocycles. The van der Waals surface area contributed by atoms with Crippen molar-refractivity contribution in [3.05, 3.63) is 30.1 Å². The number of nitrogens with one attached hydrogen (secondary N) is 1. The van der Waals surface area contributed by atoms with Crippen LogP contribution in [0.15, 0.2) is 24.3 Å². The van der Waals surface area contributed by atoms with E-state index in [1.54, 1.807) is 0 Å². The minimum atomic E-state index is -0.439. The van der Waals surface area contributed by atoms with Gasteiger partial charge in [-0.25, -0.2) is 4.39 Å². The van der Waals surface area contributed by atoms with Crippen LogP contribution in [0, 0.1) is 5.82 Å². The van der Waals surface area contributed by atoms with Crippen LogP contribution in [0.5, 0.6) is 5.75 Å². The molecule has 1 saturated carbocycles. The molecule has 0 radical (unpaired) electrons. The summed E-state index contributed by atoms with van der Waals surface area (Å²) < 4.78 is 18.0. The summed E-state index contributed by atoms with van der Waals surface area (Å²) >= 11 is 0. The molecule has 0 spiro atoms. The van der Waals surface area contributed by atoms with Gasteiger partial charge in [0.2, 0.25) is 5.91 Å². The maximum atomic E-state index is 12.7. The van der Waals surface area contributed by atoms with Crippen LogP contribution in [0.1, 0.15) is 32.1 Å².